The van der Waals surface area contributed by atoms with E-state index in [-0.39, 0.29) is 5.56 Å². The second-order valence-electron chi connectivity index (χ2n) is 4.03. The molecular formula is C12H15FN4O. The molecule has 0 fully saturated rings. The van der Waals surface area contributed by atoms with Crippen molar-refractivity contribution in [1.82, 2.24) is 14.8 Å². The summed E-state index contributed by atoms with van der Waals surface area (Å²) in [5.74, 6) is 0.447. The zero-order chi connectivity index (χ0) is 13.1. The first-order valence-electron chi connectivity index (χ1n) is 5.72. The van der Waals surface area contributed by atoms with Gasteiger partial charge in [-0.1, -0.05) is 0 Å². The van der Waals surface area contributed by atoms with Crippen molar-refractivity contribution >= 4 is 5.82 Å². The standard InChI is InChI=1S/C12H15FN4O/c1-3-17-11(4-5-15-17)16(2)8-9-6-10(13)7-14-12(9)18/h4-7H,3,8H2,1-2H3,(H,14,18). The lowest BCUT2D eigenvalue weighted by molar-refractivity contribution is 0.614. The van der Waals surface area contributed by atoms with Crippen LogP contribution in [0.2, 0.25) is 0 Å². The number of H-pyrrole nitrogens is 1. The fraction of sp³-hybridized carbons (Fsp3) is 0.333. The van der Waals surface area contributed by atoms with Gasteiger partial charge in [-0.2, -0.15) is 5.10 Å². The molecule has 5 nitrogen and oxygen atoms in total. The van der Waals surface area contributed by atoms with Crippen LogP contribution in [0.15, 0.2) is 29.3 Å². The monoisotopic (exact) mass is 250 g/mol. The van der Waals surface area contributed by atoms with E-state index >= 15 is 0 Å². The molecule has 96 valence electrons. The highest BCUT2D eigenvalue weighted by Crippen LogP contribution is 2.13. The molecule has 0 aliphatic rings. The molecule has 0 aromatic carbocycles. The Morgan fingerprint density at radius 2 is 2.33 bits per heavy atom. The Morgan fingerprint density at radius 1 is 1.56 bits per heavy atom. The first kappa shape index (κ1) is 12.3. The second kappa shape index (κ2) is 5.03. The number of aromatic nitrogens is 3. The number of aromatic amines is 1. The number of anilines is 1. The molecule has 2 rings (SSSR count). The maximum Gasteiger partial charge on any atom is 0.253 e. The first-order valence-corrected chi connectivity index (χ1v) is 5.72. The smallest absolute Gasteiger partial charge is 0.253 e. The fourth-order valence-electron chi connectivity index (χ4n) is 1.85. The third-order valence-corrected chi connectivity index (χ3v) is 2.74. The van der Waals surface area contributed by atoms with Gasteiger partial charge in [0.1, 0.15) is 11.6 Å². The molecule has 0 spiro atoms. The number of hydrogen-bond acceptors (Lipinski definition) is 3. The maximum absolute atomic E-state index is 13.1. The van der Waals surface area contributed by atoms with Gasteiger partial charge in [0.15, 0.2) is 0 Å². The third-order valence-electron chi connectivity index (χ3n) is 2.74. The predicted molar refractivity (Wildman–Crippen MR) is 67.0 cm³/mol. The zero-order valence-electron chi connectivity index (χ0n) is 10.4. The van der Waals surface area contributed by atoms with Crippen molar-refractivity contribution in [3.8, 4) is 0 Å². The van der Waals surface area contributed by atoms with E-state index < -0.39 is 5.82 Å². The van der Waals surface area contributed by atoms with Gasteiger partial charge in [0, 0.05) is 38.0 Å². The quantitative estimate of drug-likeness (QED) is 0.891. The maximum atomic E-state index is 13.1. The summed E-state index contributed by atoms with van der Waals surface area (Å²) in [7, 11) is 1.84. The van der Waals surface area contributed by atoms with Crippen molar-refractivity contribution in [2.75, 3.05) is 11.9 Å². The Kier molecular flexibility index (Phi) is 3.45. The van der Waals surface area contributed by atoms with Gasteiger partial charge in [0.2, 0.25) is 0 Å². The van der Waals surface area contributed by atoms with Crippen molar-refractivity contribution in [3.05, 3.63) is 46.3 Å². The van der Waals surface area contributed by atoms with Crippen LogP contribution in [0.5, 0.6) is 0 Å². The lowest BCUT2D eigenvalue weighted by Gasteiger charge is -2.19. The highest BCUT2D eigenvalue weighted by atomic mass is 19.1. The Morgan fingerprint density at radius 3 is 3.06 bits per heavy atom. The minimum Gasteiger partial charge on any atom is -0.355 e. The summed E-state index contributed by atoms with van der Waals surface area (Å²) in [6, 6.07) is 3.11. The molecule has 2 aromatic heterocycles. The van der Waals surface area contributed by atoms with Crippen LogP contribution in [-0.2, 0) is 13.1 Å². The number of halogens is 1. The van der Waals surface area contributed by atoms with E-state index in [1.807, 2.05) is 29.6 Å². The average molecular weight is 250 g/mol. The molecule has 0 unspecified atom stereocenters. The van der Waals surface area contributed by atoms with Crippen LogP contribution in [-0.4, -0.2) is 21.8 Å². The Hall–Kier alpha value is -2.11. The minimum atomic E-state index is -0.443. The highest BCUT2D eigenvalue weighted by Gasteiger charge is 2.10. The Bertz CT molecular complexity index is 590. The molecule has 2 aromatic rings. The molecule has 0 saturated heterocycles. The SMILES string of the molecule is CCn1nccc1N(C)Cc1cc(F)c[nH]c1=O. The molecule has 0 saturated carbocycles. The van der Waals surface area contributed by atoms with Gasteiger partial charge >= 0.3 is 0 Å². The molecule has 0 bridgehead atoms. The summed E-state index contributed by atoms with van der Waals surface area (Å²) < 4.78 is 14.9. The molecule has 0 aliphatic heterocycles. The van der Waals surface area contributed by atoms with Gasteiger partial charge in [0.05, 0.1) is 6.20 Å². The van der Waals surface area contributed by atoms with Gasteiger partial charge in [-0.05, 0) is 13.0 Å². The first-order chi connectivity index (χ1) is 8.61. The molecule has 1 N–H and O–H groups in total. The van der Waals surface area contributed by atoms with Crippen molar-refractivity contribution in [2.24, 2.45) is 0 Å². The van der Waals surface area contributed by atoms with Crippen LogP contribution in [0.25, 0.3) is 0 Å². The summed E-state index contributed by atoms with van der Waals surface area (Å²) in [6.07, 6.45) is 2.76. The van der Waals surface area contributed by atoms with Crippen molar-refractivity contribution in [2.45, 2.75) is 20.0 Å². The van der Waals surface area contributed by atoms with E-state index in [1.165, 1.54) is 6.07 Å². The molecule has 0 amide bonds. The summed E-state index contributed by atoms with van der Waals surface area (Å²) in [4.78, 5) is 15.8. The van der Waals surface area contributed by atoms with E-state index in [0.717, 1.165) is 18.6 Å². The third kappa shape index (κ3) is 2.42. The van der Waals surface area contributed by atoms with Crippen LogP contribution >= 0.6 is 0 Å². The number of pyridine rings is 1. The number of hydrogen-bond donors (Lipinski definition) is 1. The molecule has 0 radical (unpaired) electrons. The summed E-state index contributed by atoms with van der Waals surface area (Å²) in [6.45, 7) is 3.06. The van der Waals surface area contributed by atoms with Crippen LogP contribution in [0.4, 0.5) is 10.2 Å². The van der Waals surface area contributed by atoms with Gasteiger partial charge in [0.25, 0.3) is 5.56 Å². The number of aryl methyl sites for hydroxylation is 1. The summed E-state index contributed by atoms with van der Waals surface area (Å²) in [5.41, 5.74) is 0.118. The van der Waals surface area contributed by atoms with Crippen molar-refractivity contribution in [1.29, 1.82) is 0 Å². The predicted octanol–water partition coefficient (Wildman–Crippen LogP) is 1.37. The van der Waals surface area contributed by atoms with E-state index in [4.69, 9.17) is 0 Å². The van der Waals surface area contributed by atoms with Gasteiger partial charge in [-0.3, -0.25) is 9.48 Å². The van der Waals surface area contributed by atoms with Crippen molar-refractivity contribution < 1.29 is 4.39 Å². The molecule has 2 heterocycles. The second-order valence-corrected chi connectivity index (χ2v) is 4.03. The fourth-order valence-corrected chi connectivity index (χ4v) is 1.85. The average Bonchev–Trinajstić information content (AvgIpc) is 2.82. The zero-order valence-corrected chi connectivity index (χ0v) is 10.4. The number of nitrogens with one attached hydrogen (secondary N) is 1. The van der Waals surface area contributed by atoms with Crippen molar-refractivity contribution in [3.63, 3.8) is 0 Å². The lowest BCUT2D eigenvalue weighted by Crippen LogP contribution is -2.25. The normalized spacial score (nSPS) is 10.6. The minimum absolute atomic E-state index is 0.272. The van der Waals surface area contributed by atoms with E-state index in [9.17, 15) is 9.18 Å². The van der Waals surface area contributed by atoms with Crippen LogP contribution in [0.3, 0.4) is 0 Å². The van der Waals surface area contributed by atoms with Crippen LogP contribution in [0.1, 0.15) is 12.5 Å². The van der Waals surface area contributed by atoms with Crippen LogP contribution < -0.4 is 10.5 Å². The van der Waals surface area contributed by atoms with Crippen LogP contribution in [0, 0.1) is 5.82 Å². The molecule has 6 heteroatoms. The van der Waals surface area contributed by atoms with Gasteiger partial charge in [-0.25, -0.2) is 4.39 Å². The molecule has 18 heavy (non-hydrogen) atoms. The molecule has 0 atom stereocenters. The van der Waals surface area contributed by atoms with Gasteiger partial charge in [-0.15, -0.1) is 0 Å². The molecular weight excluding hydrogens is 235 g/mol. The van der Waals surface area contributed by atoms with E-state index in [0.29, 0.717) is 12.1 Å². The number of rotatable bonds is 4. The summed E-state index contributed by atoms with van der Waals surface area (Å²) >= 11 is 0. The number of nitrogens with zero attached hydrogens (tertiary/aromatic N) is 3. The van der Waals surface area contributed by atoms with E-state index in [1.54, 1.807) is 6.20 Å². The summed E-state index contributed by atoms with van der Waals surface area (Å²) in [5, 5.41) is 4.15. The van der Waals surface area contributed by atoms with E-state index in [2.05, 4.69) is 10.1 Å². The topological polar surface area (TPSA) is 53.9 Å². The molecule has 0 aliphatic carbocycles. The Balaban J connectivity index is 2.24. The highest BCUT2D eigenvalue weighted by molar-refractivity contribution is 5.38. The van der Waals surface area contributed by atoms with Gasteiger partial charge < -0.3 is 9.88 Å². The Labute approximate surface area is 104 Å². The largest absolute Gasteiger partial charge is 0.355 e. The lowest BCUT2D eigenvalue weighted by atomic mass is 10.2.